The Hall–Kier alpha value is -0.600. The van der Waals surface area contributed by atoms with Crippen LogP contribution < -0.4 is 10.6 Å². The van der Waals surface area contributed by atoms with Gasteiger partial charge >= 0.3 is 0 Å². The standard InChI is InChI=1S/C15H30N2/c1-5-7-10-16-13-15(4)9-8-11-17-12-14(3)6-2/h6,15-17H,2-3,5,7-13H2,1,4H3. The Balaban J connectivity index is 3.24. The fraction of sp³-hybridized carbons (Fsp3) is 0.733. The van der Waals surface area contributed by atoms with Crippen LogP contribution in [0.5, 0.6) is 0 Å². The van der Waals surface area contributed by atoms with E-state index in [-0.39, 0.29) is 0 Å². The lowest BCUT2D eigenvalue weighted by molar-refractivity contribution is 0.457. The van der Waals surface area contributed by atoms with Crippen molar-refractivity contribution in [2.75, 3.05) is 26.2 Å². The van der Waals surface area contributed by atoms with Crippen molar-refractivity contribution >= 4 is 0 Å². The minimum Gasteiger partial charge on any atom is -0.316 e. The molecule has 1 unspecified atom stereocenters. The molecular formula is C15H30N2. The van der Waals surface area contributed by atoms with Crippen LogP contribution in [0.4, 0.5) is 0 Å². The van der Waals surface area contributed by atoms with Crippen LogP contribution in [-0.2, 0) is 0 Å². The zero-order valence-corrected chi connectivity index (χ0v) is 11.7. The number of nitrogens with one attached hydrogen (secondary N) is 2. The summed E-state index contributed by atoms with van der Waals surface area (Å²) >= 11 is 0. The monoisotopic (exact) mass is 238 g/mol. The van der Waals surface area contributed by atoms with Gasteiger partial charge in [0, 0.05) is 6.54 Å². The van der Waals surface area contributed by atoms with Crippen molar-refractivity contribution in [2.24, 2.45) is 5.92 Å². The van der Waals surface area contributed by atoms with E-state index in [0.717, 1.165) is 37.7 Å². The van der Waals surface area contributed by atoms with Crippen molar-refractivity contribution in [1.29, 1.82) is 0 Å². The summed E-state index contributed by atoms with van der Waals surface area (Å²) < 4.78 is 0. The molecule has 17 heavy (non-hydrogen) atoms. The molecule has 0 saturated heterocycles. The second-order valence-corrected chi connectivity index (χ2v) is 4.84. The van der Waals surface area contributed by atoms with E-state index in [0.29, 0.717) is 0 Å². The molecule has 0 amide bonds. The first kappa shape index (κ1) is 16.4. The highest BCUT2D eigenvalue weighted by Crippen LogP contribution is 2.03. The molecule has 0 aromatic heterocycles. The SMILES string of the molecule is C=CC(=C)CNCCCC(C)CNCCCC. The Morgan fingerprint density at radius 1 is 1.24 bits per heavy atom. The molecule has 0 bridgehead atoms. The first-order chi connectivity index (χ1) is 8.20. The van der Waals surface area contributed by atoms with Gasteiger partial charge in [-0.3, -0.25) is 0 Å². The first-order valence-corrected chi connectivity index (χ1v) is 6.92. The third kappa shape index (κ3) is 11.7. The molecular weight excluding hydrogens is 208 g/mol. The molecule has 0 spiro atoms. The molecule has 0 aromatic rings. The van der Waals surface area contributed by atoms with Crippen molar-refractivity contribution in [3.63, 3.8) is 0 Å². The van der Waals surface area contributed by atoms with Gasteiger partial charge in [-0.2, -0.15) is 0 Å². The normalized spacial score (nSPS) is 12.4. The van der Waals surface area contributed by atoms with Gasteiger partial charge in [0.15, 0.2) is 0 Å². The minimum absolute atomic E-state index is 0.774. The average Bonchev–Trinajstić information content (AvgIpc) is 2.34. The van der Waals surface area contributed by atoms with Crippen molar-refractivity contribution in [3.05, 3.63) is 24.8 Å². The zero-order valence-electron chi connectivity index (χ0n) is 11.7. The van der Waals surface area contributed by atoms with E-state index in [2.05, 4.69) is 37.6 Å². The number of hydrogen-bond donors (Lipinski definition) is 2. The van der Waals surface area contributed by atoms with E-state index in [1.807, 2.05) is 6.08 Å². The molecule has 2 N–H and O–H groups in total. The maximum absolute atomic E-state index is 3.87. The molecule has 0 aromatic carbocycles. The van der Waals surface area contributed by atoms with Crippen LogP contribution in [0.25, 0.3) is 0 Å². The van der Waals surface area contributed by atoms with Gasteiger partial charge in [-0.15, -0.1) is 0 Å². The molecule has 2 heteroatoms. The zero-order chi connectivity index (χ0) is 12.9. The van der Waals surface area contributed by atoms with Gasteiger partial charge in [0.1, 0.15) is 0 Å². The fourth-order valence-electron chi connectivity index (χ4n) is 1.65. The van der Waals surface area contributed by atoms with Crippen molar-refractivity contribution < 1.29 is 0 Å². The summed E-state index contributed by atoms with van der Waals surface area (Å²) in [4.78, 5) is 0. The Labute approximate surface area is 108 Å². The van der Waals surface area contributed by atoms with Crippen LogP contribution >= 0.6 is 0 Å². The average molecular weight is 238 g/mol. The number of rotatable bonds is 12. The number of unbranched alkanes of at least 4 members (excludes halogenated alkanes) is 1. The molecule has 0 fully saturated rings. The van der Waals surface area contributed by atoms with Crippen molar-refractivity contribution in [2.45, 2.75) is 39.5 Å². The molecule has 0 rings (SSSR count). The lowest BCUT2D eigenvalue weighted by Crippen LogP contribution is -2.23. The highest BCUT2D eigenvalue weighted by molar-refractivity contribution is 5.12. The summed E-state index contributed by atoms with van der Waals surface area (Å²) in [5.74, 6) is 0.774. The van der Waals surface area contributed by atoms with Crippen LogP contribution in [0.15, 0.2) is 24.8 Å². The highest BCUT2D eigenvalue weighted by Gasteiger charge is 2.00. The van der Waals surface area contributed by atoms with E-state index in [4.69, 9.17) is 0 Å². The molecule has 100 valence electrons. The van der Waals surface area contributed by atoms with Gasteiger partial charge in [-0.25, -0.2) is 0 Å². The summed E-state index contributed by atoms with van der Waals surface area (Å²) in [6.07, 6.45) is 6.90. The summed E-state index contributed by atoms with van der Waals surface area (Å²) in [5, 5.41) is 6.88. The summed E-state index contributed by atoms with van der Waals surface area (Å²) in [7, 11) is 0. The predicted octanol–water partition coefficient (Wildman–Crippen LogP) is 3.12. The molecule has 2 nitrogen and oxygen atoms in total. The number of hydrogen-bond acceptors (Lipinski definition) is 2. The van der Waals surface area contributed by atoms with Crippen LogP contribution in [-0.4, -0.2) is 26.2 Å². The highest BCUT2D eigenvalue weighted by atomic mass is 14.9. The Kier molecular flexibility index (Phi) is 11.5. The third-order valence-corrected chi connectivity index (χ3v) is 2.89. The predicted molar refractivity (Wildman–Crippen MR) is 78.4 cm³/mol. The quantitative estimate of drug-likeness (QED) is 0.403. The van der Waals surface area contributed by atoms with Crippen LogP contribution in [0, 0.1) is 5.92 Å². The van der Waals surface area contributed by atoms with Crippen molar-refractivity contribution in [1.82, 2.24) is 10.6 Å². The van der Waals surface area contributed by atoms with Crippen molar-refractivity contribution in [3.8, 4) is 0 Å². The first-order valence-electron chi connectivity index (χ1n) is 6.92. The smallest absolute Gasteiger partial charge is 0.0199 e. The third-order valence-electron chi connectivity index (χ3n) is 2.89. The molecule has 0 aliphatic carbocycles. The van der Waals surface area contributed by atoms with E-state index in [1.165, 1.54) is 25.7 Å². The largest absolute Gasteiger partial charge is 0.316 e. The summed E-state index contributed by atoms with van der Waals surface area (Å²) in [6.45, 7) is 16.4. The van der Waals surface area contributed by atoms with Gasteiger partial charge in [0.05, 0.1) is 0 Å². The molecule has 0 aliphatic rings. The fourth-order valence-corrected chi connectivity index (χ4v) is 1.65. The van der Waals surface area contributed by atoms with E-state index in [1.54, 1.807) is 0 Å². The molecule has 0 saturated carbocycles. The summed E-state index contributed by atoms with van der Waals surface area (Å²) in [6, 6.07) is 0. The second kappa shape index (κ2) is 11.9. The maximum Gasteiger partial charge on any atom is 0.0199 e. The van der Waals surface area contributed by atoms with Gasteiger partial charge in [-0.1, -0.05) is 39.5 Å². The van der Waals surface area contributed by atoms with Gasteiger partial charge in [-0.05, 0) is 50.4 Å². The topological polar surface area (TPSA) is 24.1 Å². The van der Waals surface area contributed by atoms with Crippen LogP contribution in [0.1, 0.15) is 39.5 Å². The molecule has 0 aliphatic heterocycles. The minimum atomic E-state index is 0.774. The van der Waals surface area contributed by atoms with Crippen LogP contribution in [0.2, 0.25) is 0 Å². The molecule has 0 heterocycles. The van der Waals surface area contributed by atoms with Gasteiger partial charge in [0.2, 0.25) is 0 Å². The van der Waals surface area contributed by atoms with Crippen LogP contribution in [0.3, 0.4) is 0 Å². The maximum atomic E-state index is 3.87. The molecule has 0 radical (unpaired) electrons. The lowest BCUT2D eigenvalue weighted by Gasteiger charge is -2.12. The lowest BCUT2D eigenvalue weighted by atomic mass is 10.1. The van der Waals surface area contributed by atoms with Gasteiger partial charge < -0.3 is 10.6 Å². The van der Waals surface area contributed by atoms with E-state index >= 15 is 0 Å². The molecule has 1 atom stereocenters. The Bertz CT molecular complexity index is 199. The van der Waals surface area contributed by atoms with Gasteiger partial charge in [0.25, 0.3) is 0 Å². The van der Waals surface area contributed by atoms with E-state index < -0.39 is 0 Å². The summed E-state index contributed by atoms with van der Waals surface area (Å²) in [5.41, 5.74) is 1.07. The Morgan fingerprint density at radius 3 is 2.59 bits per heavy atom. The van der Waals surface area contributed by atoms with E-state index in [9.17, 15) is 0 Å². The second-order valence-electron chi connectivity index (χ2n) is 4.84. The Morgan fingerprint density at radius 2 is 1.94 bits per heavy atom.